The lowest BCUT2D eigenvalue weighted by Gasteiger charge is -2.30. The molecule has 0 aromatic carbocycles. The maximum Gasteiger partial charge on any atom is 0.257 e. The molecule has 0 unspecified atom stereocenters. The molecule has 0 radical (unpaired) electrons. The van der Waals surface area contributed by atoms with Gasteiger partial charge in [-0.3, -0.25) is 9.48 Å². The molecule has 1 aliphatic heterocycles. The van der Waals surface area contributed by atoms with Gasteiger partial charge in [0.15, 0.2) is 0 Å². The Morgan fingerprint density at radius 3 is 2.82 bits per heavy atom. The minimum absolute atomic E-state index is 0. The van der Waals surface area contributed by atoms with Crippen molar-refractivity contribution in [2.75, 3.05) is 13.1 Å². The van der Waals surface area contributed by atoms with Gasteiger partial charge in [-0.15, -0.1) is 12.4 Å². The van der Waals surface area contributed by atoms with Crippen molar-refractivity contribution >= 4 is 18.3 Å². The molecule has 0 aliphatic carbocycles. The number of amides is 1. The number of halogens is 1. The summed E-state index contributed by atoms with van der Waals surface area (Å²) in [4.78, 5) is 14.0. The van der Waals surface area contributed by atoms with Gasteiger partial charge >= 0.3 is 0 Å². The summed E-state index contributed by atoms with van der Waals surface area (Å²) < 4.78 is 1.67. The highest BCUT2D eigenvalue weighted by Gasteiger charge is 2.24. The molecule has 17 heavy (non-hydrogen) atoms. The Balaban J connectivity index is 0.00000144. The summed E-state index contributed by atoms with van der Waals surface area (Å²) >= 11 is 0. The Bertz CT molecular complexity index is 404. The van der Waals surface area contributed by atoms with Crippen molar-refractivity contribution in [1.29, 1.82) is 0 Å². The Morgan fingerprint density at radius 2 is 2.29 bits per heavy atom. The first-order valence-corrected chi connectivity index (χ1v) is 5.63. The first-order valence-electron chi connectivity index (χ1n) is 5.63. The van der Waals surface area contributed by atoms with Crippen molar-refractivity contribution in [2.45, 2.75) is 25.8 Å². The fourth-order valence-corrected chi connectivity index (χ4v) is 2.17. The first kappa shape index (κ1) is 14.0. The van der Waals surface area contributed by atoms with E-state index in [1.165, 1.54) is 0 Å². The normalized spacial score (nSPS) is 19.9. The number of piperidine rings is 1. The number of likely N-dealkylation sites (tertiary alicyclic amines) is 1. The number of nitrogens with two attached hydrogens (primary N) is 1. The average Bonchev–Trinajstić information content (AvgIpc) is 2.57. The van der Waals surface area contributed by atoms with Crippen molar-refractivity contribution < 1.29 is 4.79 Å². The van der Waals surface area contributed by atoms with E-state index in [4.69, 9.17) is 5.73 Å². The van der Waals surface area contributed by atoms with Gasteiger partial charge in [0.05, 0.1) is 11.3 Å². The molecule has 2 N–H and O–H groups in total. The van der Waals surface area contributed by atoms with Crippen molar-refractivity contribution in [3.8, 4) is 0 Å². The fraction of sp³-hybridized carbons (Fsp3) is 0.636. The molecule has 2 heterocycles. The van der Waals surface area contributed by atoms with E-state index in [1.54, 1.807) is 10.9 Å². The van der Waals surface area contributed by atoms with E-state index in [-0.39, 0.29) is 24.4 Å². The Morgan fingerprint density at radius 1 is 1.59 bits per heavy atom. The van der Waals surface area contributed by atoms with Gasteiger partial charge in [-0.05, 0) is 19.8 Å². The maximum absolute atomic E-state index is 12.2. The molecule has 1 fully saturated rings. The molecule has 1 aromatic heterocycles. The van der Waals surface area contributed by atoms with E-state index in [0.717, 1.165) is 25.1 Å². The minimum atomic E-state index is 0. The number of hydrogen-bond donors (Lipinski definition) is 1. The molecule has 1 saturated heterocycles. The van der Waals surface area contributed by atoms with Gasteiger partial charge in [-0.25, -0.2) is 0 Å². The van der Waals surface area contributed by atoms with Crippen molar-refractivity contribution in [3.63, 3.8) is 0 Å². The second-order valence-electron chi connectivity index (χ2n) is 4.46. The molecule has 1 aliphatic rings. The van der Waals surface area contributed by atoms with E-state index in [2.05, 4.69) is 5.10 Å². The number of hydrogen-bond acceptors (Lipinski definition) is 3. The van der Waals surface area contributed by atoms with Crippen molar-refractivity contribution in [3.05, 3.63) is 17.5 Å². The van der Waals surface area contributed by atoms with Crippen LogP contribution >= 0.6 is 12.4 Å². The number of nitrogens with zero attached hydrogens (tertiary/aromatic N) is 3. The van der Waals surface area contributed by atoms with Crippen LogP contribution in [0, 0.1) is 6.92 Å². The number of carbonyl (C=O) groups excluding carboxylic acids is 1. The Kier molecular flexibility index (Phi) is 4.54. The van der Waals surface area contributed by atoms with E-state index < -0.39 is 0 Å². The van der Waals surface area contributed by atoms with Crippen LogP contribution in [0.1, 0.15) is 28.9 Å². The van der Waals surface area contributed by atoms with Gasteiger partial charge in [0, 0.05) is 32.4 Å². The molecule has 0 bridgehead atoms. The first-order chi connectivity index (χ1) is 7.58. The minimum Gasteiger partial charge on any atom is -0.337 e. The van der Waals surface area contributed by atoms with Gasteiger partial charge in [-0.1, -0.05) is 0 Å². The van der Waals surface area contributed by atoms with Crippen LogP contribution in [0.25, 0.3) is 0 Å². The lowest BCUT2D eigenvalue weighted by Crippen LogP contribution is -2.45. The number of aryl methyl sites for hydroxylation is 2. The van der Waals surface area contributed by atoms with E-state index >= 15 is 0 Å². The Labute approximate surface area is 107 Å². The summed E-state index contributed by atoms with van der Waals surface area (Å²) in [5.74, 6) is 0.0563. The topological polar surface area (TPSA) is 64.2 Å². The smallest absolute Gasteiger partial charge is 0.257 e. The second-order valence-corrected chi connectivity index (χ2v) is 4.46. The molecule has 0 spiro atoms. The molecular formula is C11H19ClN4O. The SMILES string of the molecule is Cc1nn(C)cc1C(=O)N1CCC[C@@H](N)C1.Cl. The second kappa shape index (κ2) is 5.51. The van der Waals surface area contributed by atoms with Gasteiger partial charge in [0.25, 0.3) is 5.91 Å². The molecule has 1 amide bonds. The predicted molar refractivity (Wildman–Crippen MR) is 68.3 cm³/mol. The zero-order valence-electron chi connectivity index (χ0n) is 10.2. The number of carbonyl (C=O) groups is 1. The zero-order valence-corrected chi connectivity index (χ0v) is 11.0. The van der Waals surface area contributed by atoms with Gasteiger partial charge < -0.3 is 10.6 Å². The van der Waals surface area contributed by atoms with E-state index in [0.29, 0.717) is 12.1 Å². The van der Waals surface area contributed by atoms with Crippen molar-refractivity contribution in [2.24, 2.45) is 12.8 Å². The average molecular weight is 259 g/mol. The molecule has 1 aromatic rings. The van der Waals surface area contributed by atoms with Gasteiger partial charge in [0.2, 0.25) is 0 Å². The molecule has 5 nitrogen and oxygen atoms in total. The summed E-state index contributed by atoms with van der Waals surface area (Å²) in [7, 11) is 1.83. The standard InChI is InChI=1S/C11H18N4O.ClH/c1-8-10(7-14(2)13-8)11(16)15-5-3-4-9(12)6-15;/h7,9H,3-6,12H2,1-2H3;1H/t9-;/m1./s1. The van der Waals surface area contributed by atoms with Crippen LogP contribution in [-0.4, -0.2) is 39.7 Å². The Hall–Kier alpha value is -1.07. The van der Waals surface area contributed by atoms with Gasteiger partial charge in [-0.2, -0.15) is 5.10 Å². The molecule has 1 atom stereocenters. The van der Waals surface area contributed by atoms with Crippen LogP contribution in [0.15, 0.2) is 6.20 Å². The van der Waals surface area contributed by atoms with Crippen LogP contribution in [0.5, 0.6) is 0 Å². The highest BCUT2D eigenvalue weighted by atomic mass is 35.5. The monoisotopic (exact) mass is 258 g/mol. The lowest BCUT2D eigenvalue weighted by atomic mass is 10.1. The predicted octanol–water partition coefficient (Wildman–Crippen LogP) is 0.714. The molecule has 96 valence electrons. The molecule has 6 heteroatoms. The van der Waals surface area contributed by atoms with E-state index in [1.807, 2.05) is 18.9 Å². The number of aromatic nitrogens is 2. The molecule has 2 rings (SSSR count). The van der Waals surface area contributed by atoms with Gasteiger partial charge in [0.1, 0.15) is 0 Å². The highest BCUT2D eigenvalue weighted by Crippen LogP contribution is 2.14. The largest absolute Gasteiger partial charge is 0.337 e. The maximum atomic E-state index is 12.2. The summed E-state index contributed by atoms with van der Waals surface area (Å²) in [6.07, 6.45) is 3.78. The van der Waals surface area contributed by atoms with Crippen LogP contribution in [-0.2, 0) is 7.05 Å². The zero-order chi connectivity index (χ0) is 11.7. The van der Waals surface area contributed by atoms with Crippen molar-refractivity contribution in [1.82, 2.24) is 14.7 Å². The molecule has 0 saturated carbocycles. The van der Waals surface area contributed by atoms with E-state index in [9.17, 15) is 4.79 Å². The number of rotatable bonds is 1. The fourth-order valence-electron chi connectivity index (χ4n) is 2.17. The summed E-state index contributed by atoms with van der Waals surface area (Å²) in [5, 5.41) is 4.18. The summed E-state index contributed by atoms with van der Waals surface area (Å²) in [5.41, 5.74) is 7.34. The van der Waals surface area contributed by atoms with Crippen LogP contribution in [0.2, 0.25) is 0 Å². The summed E-state index contributed by atoms with van der Waals surface area (Å²) in [6, 6.07) is 0.120. The highest BCUT2D eigenvalue weighted by molar-refractivity contribution is 5.95. The molecular weight excluding hydrogens is 240 g/mol. The lowest BCUT2D eigenvalue weighted by molar-refractivity contribution is 0.0708. The van der Waals surface area contributed by atoms with Crippen LogP contribution in [0.3, 0.4) is 0 Å². The third-order valence-electron chi connectivity index (χ3n) is 2.99. The third kappa shape index (κ3) is 2.98. The quantitative estimate of drug-likeness (QED) is 0.807. The third-order valence-corrected chi connectivity index (χ3v) is 2.99. The van der Waals surface area contributed by atoms with Crippen LogP contribution < -0.4 is 5.73 Å². The summed E-state index contributed by atoms with van der Waals surface area (Å²) in [6.45, 7) is 3.32. The van der Waals surface area contributed by atoms with Crippen LogP contribution in [0.4, 0.5) is 0 Å².